The van der Waals surface area contributed by atoms with E-state index in [0.717, 1.165) is 0 Å². The van der Waals surface area contributed by atoms with Gasteiger partial charge in [-0.05, 0) is 0 Å². The normalized spacial score (nSPS) is 55.5. The third-order valence-corrected chi connectivity index (χ3v) is 1.09. The van der Waals surface area contributed by atoms with E-state index in [1.807, 2.05) is 0 Å². The van der Waals surface area contributed by atoms with Gasteiger partial charge in [-0.1, -0.05) is 0 Å². The fourth-order valence-electron chi connectivity index (χ4n) is 0.888. The van der Waals surface area contributed by atoms with E-state index >= 15 is 0 Å². The van der Waals surface area contributed by atoms with Crippen molar-refractivity contribution in [1.29, 1.82) is 0 Å². The van der Waals surface area contributed by atoms with Gasteiger partial charge in [0.2, 0.25) is 0 Å². The van der Waals surface area contributed by atoms with Crippen molar-refractivity contribution >= 4 is 0 Å². The molecule has 0 radical (unpaired) electrons. The maximum Gasteiger partial charge on any atom is 0.280 e. The van der Waals surface area contributed by atoms with Crippen LogP contribution in [0.4, 0.5) is 13.2 Å². The van der Waals surface area contributed by atoms with Crippen LogP contribution in [0, 0.1) is 0 Å². The molecule has 1 saturated heterocycles. The molecule has 0 bridgehead atoms. The Morgan fingerprint density at radius 1 is 0.667 bits per heavy atom. The predicted molar refractivity (Wildman–Crippen MR) is 33.5 cm³/mol. The molecule has 0 aromatic rings. The van der Waals surface area contributed by atoms with Crippen LogP contribution in [0.1, 0.15) is 0 Å². The van der Waals surface area contributed by atoms with E-state index in [4.69, 9.17) is 0 Å². The molecule has 6 nitrogen and oxygen atoms in total. The number of rotatable bonds is 0. The number of nitrogens with two attached hydrogens (primary N) is 3. The van der Waals surface area contributed by atoms with Crippen LogP contribution in [-0.4, -0.2) is 18.1 Å². The number of nitrogens with one attached hydrogen (secondary N) is 3. The molecule has 1 aliphatic rings. The lowest BCUT2D eigenvalue weighted by Crippen LogP contribution is -2.88. The van der Waals surface area contributed by atoms with Crippen LogP contribution in [0.5, 0.6) is 0 Å². The summed E-state index contributed by atoms with van der Waals surface area (Å²) in [5.41, 5.74) is 14.0. The van der Waals surface area contributed by atoms with Crippen LogP contribution in [0.2, 0.25) is 0 Å². The summed E-state index contributed by atoms with van der Waals surface area (Å²) < 4.78 is 38.2. The van der Waals surface area contributed by atoms with Crippen LogP contribution in [0.25, 0.3) is 0 Å². The number of alkyl halides is 3. The van der Waals surface area contributed by atoms with Gasteiger partial charge in [-0.2, -0.15) is 29.1 Å². The zero-order valence-electron chi connectivity index (χ0n) is 5.87. The van der Waals surface area contributed by atoms with Gasteiger partial charge < -0.3 is 0 Å². The predicted octanol–water partition coefficient (Wildman–Crippen LogP) is -2.61. The van der Waals surface area contributed by atoms with Gasteiger partial charge in [-0.15, -0.1) is 0 Å². The van der Waals surface area contributed by atoms with Gasteiger partial charge in [0.15, 0.2) is 0 Å². The summed E-state index contributed by atoms with van der Waals surface area (Å²) in [6, 6.07) is -9.05. The lowest BCUT2D eigenvalue weighted by molar-refractivity contribution is -0.167. The molecule has 0 atom stereocenters. The zero-order chi connectivity index (χ0) is 9.62. The maximum atomic E-state index is 12.7. The molecule has 0 unspecified atom stereocenters. The molecular formula is C3H9F3N6. The third-order valence-electron chi connectivity index (χ3n) is 1.09. The molecule has 0 spiro atoms. The molecule has 1 heterocycles. The Kier molecular flexibility index (Phi) is 1.83. The second kappa shape index (κ2) is 2.28. The van der Waals surface area contributed by atoms with Crippen molar-refractivity contribution in [2.24, 2.45) is 17.2 Å². The molecule has 1 aliphatic heterocycles. The summed E-state index contributed by atoms with van der Waals surface area (Å²) in [4.78, 5) is 0. The maximum absolute atomic E-state index is 12.7. The van der Waals surface area contributed by atoms with E-state index in [9.17, 15) is 13.2 Å². The van der Waals surface area contributed by atoms with Crippen molar-refractivity contribution < 1.29 is 13.2 Å². The van der Waals surface area contributed by atoms with Crippen LogP contribution in [0.3, 0.4) is 0 Å². The molecule has 9 heteroatoms. The molecule has 12 heavy (non-hydrogen) atoms. The molecule has 9 N–H and O–H groups in total. The van der Waals surface area contributed by atoms with Gasteiger partial charge in [0, 0.05) is 0 Å². The average Bonchev–Trinajstić information content (AvgIpc) is 1.44. The monoisotopic (exact) mass is 186 g/mol. The largest absolute Gasteiger partial charge is 0.280 e. The first kappa shape index (κ1) is 9.64. The van der Waals surface area contributed by atoms with Crippen molar-refractivity contribution in [3.05, 3.63) is 0 Å². The summed E-state index contributed by atoms with van der Waals surface area (Å²) in [6.45, 7) is 0. The number of halogens is 3. The Bertz CT molecular complexity index is 145. The SMILES string of the molecule is NC1(F)NC(N)(F)NC(N)(F)N1. The minimum Gasteiger partial charge on any atom is -0.273 e. The van der Waals surface area contributed by atoms with Gasteiger partial charge in [-0.3, -0.25) is 17.2 Å². The van der Waals surface area contributed by atoms with Crippen LogP contribution < -0.4 is 33.2 Å². The first-order chi connectivity index (χ1) is 5.12. The molecule has 0 amide bonds. The summed E-state index contributed by atoms with van der Waals surface area (Å²) in [5.74, 6) is 0. The smallest absolute Gasteiger partial charge is 0.273 e. The van der Waals surface area contributed by atoms with Crippen molar-refractivity contribution in [1.82, 2.24) is 16.0 Å². The molecule has 0 aromatic heterocycles. The first-order valence-electron chi connectivity index (χ1n) is 2.93. The Morgan fingerprint density at radius 3 is 1.00 bits per heavy atom. The van der Waals surface area contributed by atoms with E-state index in [0.29, 0.717) is 0 Å². The van der Waals surface area contributed by atoms with E-state index in [-0.39, 0.29) is 0 Å². The van der Waals surface area contributed by atoms with E-state index in [1.54, 1.807) is 0 Å². The lowest BCUT2D eigenvalue weighted by Gasteiger charge is -2.42. The third kappa shape index (κ3) is 2.27. The molecular weight excluding hydrogens is 177 g/mol. The van der Waals surface area contributed by atoms with Crippen LogP contribution in [0.15, 0.2) is 0 Å². The van der Waals surface area contributed by atoms with E-state index in [1.165, 1.54) is 16.0 Å². The number of hydrogen-bond acceptors (Lipinski definition) is 6. The molecule has 1 rings (SSSR count). The number of hydrogen-bond donors (Lipinski definition) is 6. The quantitative estimate of drug-likeness (QED) is 0.231. The van der Waals surface area contributed by atoms with Crippen LogP contribution >= 0.6 is 0 Å². The molecule has 0 aliphatic carbocycles. The molecule has 72 valence electrons. The topological polar surface area (TPSA) is 114 Å². The van der Waals surface area contributed by atoms with Crippen molar-refractivity contribution in [3.8, 4) is 0 Å². The van der Waals surface area contributed by atoms with Gasteiger partial charge in [0.25, 0.3) is 18.1 Å². The van der Waals surface area contributed by atoms with Crippen LogP contribution in [-0.2, 0) is 0 Å². The summed E-state index contributed by atoms with van der Waals surface area (Å²) in [5, 5.41) is 4.10. The fraction of sp³-hybridized carbons (Fsp3) is 1.00. The van der Waals surface area contributed by atoms with Gasteiger partial charge in [0.05, 0.1) is 0 Å². The average molecular weight is 186 g/mol. The Labute approximate surface area is 65.6 Å². The highest BCUT2D eigenvalue weighted by molar-refractivity contribution is 4.87. The Hall–Kier alpha value is -0.450. The minimum absolute atomic E-state index is 1.37. The summed E-state index contributed by atoms with van der Waals surface area (Å²) in [6.07, 6.45) is 0. The first-order valence-corrected chi connectivity index (χ1v) is 2.93. The van der Waals surface area contributed by atoms with Gasteiger partial charge in [-0.25, -0.2) is 0 Å². The Balaban J connectivity index is 2.81. The zero-order valence-corrected chi connectivity index (χ0v) is 5.87. The van der Waals surface area contributed by atoms with Gasteiger partial charge in [0.1, 0.15) is 0 Å². The second-order valence-electron chi connectivity index (χ2n) is 2.51. The van der Waals surface area contributed by atoms with Crippen molar-refractivity contribution in [2.75, 3.05) is 0 Å². The molecule has 0 saturated carbocycles. The van der Waals surface area contributed by atoms with Gasteiger partial charge >= 0.3 is 0 Å². The van der Waals surface area contributed by atoms with Crippen molar-refractivity contribution in [3.63, 3.8) is 0 Å². The van der Waals surface area contributed by atoms with E-state index in [2.05, 4.69) is 17.2 Å². The minimum atomic E-state index is -3.02. The van der Waals surface area contributed by atoms with E-state index < -0.39 is 18.1 Å². The molecule has 1 fully saturated rings. The summed E-state index contributed by atoms with van der Waals surface area (Å²) in [7, 11) is 0. The molecule has 0 aromatic carbocycles. The highest BCUT2D eigenvalue weighted by Crippen LogP contribution is 2.12. The highest BCUT2D eigenvalue weighted by atomic mass is 19.2. The standard InChI is InChI=1S/C3H9F3N6/c4-1(7)10-2(5,8)12-3(6,9)11-1/h10-12H,7-9H2. The highest BCUT2D eigenvalue weighted by Gasteiger charge is 2.50. The fourth-order valence-corrected chi connectivity index (χ4v) is 0.888. The second-order valence-corrected chi connectivity index (χ2v) is 2.51. The lowest BCUT2D eigenvalue weighted by atomic mass is 10.5. The summed E-state index contributed by atoms with van der Waals surface area (Å²) >= 11 is 0. The Morgan fingerprint density at radius 2 is 0.833 bits per heavy atom. The van der Waals surface area contributed by atoms with Crippen molar-refractivity contribution in [2.45, 2.75) is 18.1 Å².